The zero-order valence-corrected chi connectivity index (χ0v) is 9.96. The minimum Gasteiger partial charge on any atom is -0.381 e. The van der Waals surface area contributed by atoms with Gasteiger partial charge in [0.25, 0.3) is 5.69 Å². The van der Waals surface area contributed by atoms with Gasteiger partial charge in [-0.3, -0.25) is 10.1 Å². The van der Waals surface area contributed by atoms with Crippen LogP contribution in [0.25, 0.3) is 10.9 Å². The molecule has 6 nitrogen and oxygen atoms in total. The number of nitrogens with zero attached hydrogens (tertiary/aromatic N) is 2. The summed E-state index contributed by atoms with van der Waals surface area (Å²) in [5, 5.41) is 14.9. The lowest BCUT2D eigenvalue weighted by atomic mass is 10.1. The molecule has 0 saturated carbocycles. The Balaban J connectivity index is 2.56. The van der Waals surface area contributed by atoms with E-state index >= 15 is 0 Å². The van der Waals surface area contributed by atoms with E-state index in [0.717, 1.165) is 11.1 Å². The van der Waals surface area contributed by atoms with E-state index in [1.807, 2.05) is 6.92 Å². The Morgan fingerprint density at radius 3 is 2.94 bits per heavy atom. The molecule has 1 unspecified atom stereocenters. The molecule has 6 heteroatoms. The normalized spacial score (nSPS) is 12.3. The maximum absolute atomic E-state index is 10.9. The van der Waals surface area contributed by atoms with Gasteiger partial charge in [0.1, 0.15) is 5.52 Å². The average molecular weight is 246 g/mol. The van der Waals surface area contributed by atoms with Crippen LogP contribution in [0.1, 0.15) is 6.92 Å². The monoisotopic (exact) mass is 246 g/mol. The standard InChI is InChI=1S/C12H14N4O2/c1-8(7-13)15-10-5-6-14-12-9(10)3-2-4-11(12)16(17)18/h2-6,8H,7,13H2,1H3,(H,14,15). The second-order valence-electron chi connectivity index (χ2n) is 4.07. The van der Waals surface area contributed by atoms with Crippen LogP contribution in [-0.4, -0.2) is 22.5 Å². The highest BCUT2D eigenvalue weighted by Gasteiger charge is 2.14. The van der Waals surface area contributed by atoms with E-state index in [-0.39, 0.29) is 11.7 Å². The van der Waals surface area contributed by atoms with Crippen LogP contribution in [0.2, 0.25) is 0 Å². The first-order valence-electron chi connectivity index (χ1n) is 5.62. The number of nitrogens with two attached hydrogens (primary N) is 1. The van der Waals surface area contributed by atoms with E-state index in [0.29, 0.717) is 12.1 Å². The summed E-state index contributed by atoms with van der Waals surface area (Å²) < 4.78 is 0. The van der Waals surface area contributed by atoms with Crippen LogP contribution in [0.4, 0.5) is 11.4 Å². The topological polar surface area (TPSA) is 94.1 Å². The SMILES string of the molecule is CC(CN)Nc1ccnc2c([N+](=O)[O-])cccc12. The van der Waals surface area contributed by atoms with Crippen LogP contribution in [0.5, 0.6) is 0 Å². The van der Waals surface area contributed by atoms with Gasteiger partial charge in [-0.2, -0.15) is 0 Å². The molecule has 1 aromatic carbocycles. The lowest BCUT2D eigenvalue weighted by molar-refractivity contribution is -0.383. The maximum Gasteiger partial charge on any atom is 0.295 e. The number of non-ortho nitro benzene ring substituents is 1. The van der Waals surface area contributed by atoms with Gasteiger partial charge in [0.05, 0.1) is 4.92 Å². The summed E-state index contributed by atoms with van der Waals surface area (Å²) in [7, 11) is 0. The molecule has 1 atom stereocenters. The number of benzene rings is 1. The lowest BCUT2D eigenvalue weighted by Crippen LogP contribution is -2.25. The molecular weight excluding hydrogens is 232 g/mol. The Morgan fingerprint density at radius 1 is 1.50 bits per heavy atom. The van der Waals surface area contributed by atoms with Gasteiger partial charge in [-0.1, -0.05) is 12.1 Å². The quantitative estimate of drug-likeness (QED) is 0.634. The summed E-state index contributed by atoms with van der Waals surface area (Å²) in [5.74, 6) is 0. The molecule has 1 aromatic heterocycles. The molecule has 2 rings (SSSR count). The number of hydrogen-bond donors (Lipinski definition) is 2. The Labute approximate surface area is 104 Å². The van der Waals surface area contributed by atoms with E-state index in [4.69, 9.17) is 5.73 Å². The van der Waals surface area contributed by atoms with Crippen molar-refractivity contribution >= 4 is 22.3 Å². The number of rotatable bonds is 4. The van der Waals surface area contributed by atoms with Crippen molar-refractivity contribution in [3.63, 3.8) is 0 Å². The Kier molecular flexibility index (Phi) is 3.38. The van der Waals surface area contributed by atoms with Crippen molar-refractivity contribution in [3.8, 4) is 0 Å². The molecule has 0 saturated heterocycles. The predicted molar refractivity (Wildman–Crippen MR) is 70.5 cm³/mol. The third-order valence-electron chi connectivity index (χ3n) is 2.70. The molecule has 0 spiro atoms. The Hall–Kier alpha value is -2.21. The summed E-state index contributed by atoms with van der Waals surface area (Å²) in [4.78, 5) is 14.6. The summed E-state index contributed by atoms with van der Waals surface area (Å²) >= 11 is 0. The fourth-order valence-corrected chi connectivity index (χ4v) is 1.76. The van der Waals surface area contributed by atoms with Crippen molar-refractivity contribution in [2.75, 3.05) is 11.9 Å². The number of para-hydroxylation sites is 1. The highest BCUT2D eigenvalue weighted by atomic mass is 16.6. The van der Waals surface area contributed by atoms with Gasteiger partial charge >= 0.3 is 0 Å². The predicted octanol–water partition coefficient (Wildman–Crippen LogP) is 1.90. The smallest absolute Gasteiger partial charge is 0.295 e. The molecule has 0 bridgehead atoms. The lowest BCUT2D eigenvalue weighted by Gasteiger charge is -2.14. The third-order valence-corrected chi connectivity index (χ3v) is 2.70. The number of fused-ring (bicyclic) bond motifs is 1. The number of nitrogens with one attached hydrogen (secondary N) is 1. The molecule has 18 heavy (non-hydrogen) atoms. The first-order valence-corrected chi connectivity index (χ1v) is 5.62. The van der Waals surface area contributed by atoms with Crippen molar-refractivity contribution in [3.05, 3.63) is 40.6 Å². The van der Waals surface area contributed by atoms with Crippen LogP contribution in [-0.2, 0) is 0 Å². The molecule has 0 amide bonds. The second-order valence-corrected chi connectivity index (χ2v) is 4.07. The first kappa shape index (κ1) is 12.3. The highest BCUT2D eigenvalue weighted by molar-refractivity contribution is 5.96. The molecular formula is C12H14N4O2. The van der Waals surface area contributed by atoms with Gasteiger partial charge in [-0.15, -0.1) is 0 Å². The van der Waals surface area contributed by atoms with Crippen molar-refractivity contribution in [2.45, 2.75) is 13.0 Å². The number of pyridine rings is 1. The molecule has 0 aliphatic carbocycles. The second kappa shape index (κ2) is 4.97. The van der Waals surface area contributed by atoms with Gasteiger partial charge < -0.3 is 11.1 Å². The third kappa shape index (κ3) is 2.23. The summed E-state index contributed by atoms with van der Waals surface area (Å²) in [5.41, 5.74) is 6.76. The Morgan fingerprint density at radius 2 is 2.28 bits per heavy atom. The van der Waals surface area contributed by atoms with Crippen LogP contribution in [0.3, 0.4) is 0 Å². The van der Waals surface area contributed by atoms with Gasteiger partial charge in [0, 0.05) is 35.9 Å². The van der Waals surface area contributed by atoms with E-state index in [9.17, 15) is 10.1 Å². The number of hydrogen-bond acceptors (Lipinski definition) is 5. The molecule has 94 valence electrons. The average Bonchev–Trinajstić information content (AvgIpc) is 2.38. The van der Waals surface area contributed by atoms with Gasteiger partial charge in [-0.25, -0.2) is 4.98 Å². The maximum atomic E-state index is 10.9. The molecule has 0 fully saturated rings. The number of nitro benzene ring substituents is 1. The minimum absolute atomic E-state index is 0.0107. The van der Waals surface area contributed by atoms with Crippen molar-refractivity contribution < 1.29 is 4.92 Å². The zero-order chi connectivity index (χ0) is 13.1. The Bertz CT molecular complexity index is 585. The fraction of sp³-hybridized carbons (Fsp3) is 0.250. The van der Waals surface area contributed by atoms with Crippen molar-refractivity contribution in [2.24, 2.45) is 5.73 Å². The summed E-state index contributed by atoms with van der Waals surface area (Å²) in [6, 6.07) is 6.79. The number of aromatic nitrogens is 1. The first-order chi connectivity index (χ1) is 8.63. The van der Waals surface area contributed by atoms with E-state index in [2.05, 4.69) is 10.3 Å². The van der Waals surface area contributed by atoms with Crippen molar-refractivity contribution in [1.82, 2.24) is 4.98 Å². The molecule has 0 radical (unpaired) electrons. The molecule has 0 aliphatic rings. The summed E-state index contributed by atoms with van der Waals surface area (Å²) in [6.45, 7) is 2.43. The van der Waals surface area contributed by atoms with Crippen molar-refractivity contribution in [1.29, 1.82) is 0 Å². The largest absolute Gasteiger partial charge is 0.381 e. The zero-order valence-electron chi connectivity index (χ0n) is 9.96. The van der Waals surface area contributed by atoms with Gasteiger partial charge in [0.15, 0.2) is 0 Å². The number of anilines is 1. The fourth-order valence-electron chi connectivity index (χ4n) is 1.76. The van der Waals surface area contributed by atoms with E-state index < -0.39 is 4.92 Å². The molecule has 1 heterocycles. The number of nitro groups is 1. The molecule has 2 aromatic rings. The molecule has 3 N–H and O–H groups in total. The van der Waals surface area contributed by atoms with Crippen LogP contribution < -0.4 is 11.1 Å². The van der Waals surface area contributed by atoms with E-state index in [1.165, 1.54) is 6.07 Å². The van der Waals surface area contributed by atoms with Crippen LogP contribution in [0.15, 0.2) is 30.5 Å². The molecule has 0 aliphatic heterocycles. The summed E-state index contributed by atoms with van der Waals surface area (Å²) in [6.07, 6.45) is 1.56. The van der Waals surface area contributed by atoms with E-state index in [1.54, 1.807) is 24.4 Å². The van der Waals surface area contributed by atoms with Gasteiger partial charge in [-0.05, 0) is 13.0 Å². The minimum atomic E-state index is -0.425. The highest BCUT2D eigenvalue weighted by Crippen LogP contribution is 2.28. The van der Waals surface area contributed by atoms with Crippen LogP contribution >= 0.6 is 0 Å². The van der Waals surface area contributed by atoms with Gasteiger partial charge in [0.2, 0.25) is 0 Å². The van der Waals surface area contributed by atoms with Crippen LogP contribution in [0, 0.1) is 10.1 Å².